The molecule has 6 rings (SSSR count). The lowest BCUT2D eigenvalue weighted by molar-refractivity contribution is 0.213. The number of anilines is 4. The van der Waals surface area contributed by atoms with Gasteiger partial charge in [0, 0.05) is 41.3 Å². The minimum atomic E-state index is -2.69. The van der Waals surface area contributed by atoms with Gasteiger partial charge in [0.2, 0.25) is 5.88 Å². The van der Waals surface area contributed by atoms with E-state index in [9.17, 15) is 4.57 Å². The van der Waals surface area contributed by atoms with E-state index in [-0.39, 0.29) is 13.2 Å². The van der Waals surface area contributed by atoms with Crippen LogP contribution in [0.5, 0.6) is 11.6 Å². The van der Waals surface area contributed by atoms with E-state index in [1.54, 1.807) is 38.9 Å². The third kappa shape index (κ3) is 6.92. The van der Waals surface area contributed by atoms with E-state index in [2.05, 4.69) is 30.6 Å². The molecule has 0 radical (unpaired) electrons. The van der Waals surface area contributed by atoms with Crippen molar-refractivity contribution in [2.24, 2.45) is 0 Å². The van der Waals surface area contributed by atoms with Crippen LogP contribution in [0.4, 0.5) is 22.7 Å². The van der Waals surface area contributed by atoms with Crippen LogP contribution in [0.1, 0.15) is 11.1 Å². The SMILES string of the molecule is COc1cnc2c(Nc3ccc(CO[PH](=O)OCc4ccc(Nc5ccnc6nc(OC)ccc56)cc4)cc3)ccnc2c1. The van der Waals surface area contributed by atoms with Gasteiger partial charge in [-0.15, -0.1) is 0 Å². The van der Waals surface area contributed by atoms with Gasteiger partial charge in [0.25, 0.3) is 0 Å². The molecule has 0 spiro atoms. The zero-order valence-corrected chi connectivity index (χ0v) is 25.0. The molecule has 0 aliphatic carbocycles. The average Bonchev–Trinajstić information content (AvgIpc) is 3.07. The summed E-state index contributed by atoms with van der Waals surface area (Å²) >= 11 is 0. The monoisotopic (exact) mass is 608 g/mol. The van der Waals surface area contributed by atoms with Crippen LogP contribution in [0.25, 0.3) is 22.1 Å². The second-order valence-corrected chi connectivity index (χ2v) is 10.7. The fourth-order valence-corrected chi connectivity index (χ4v) is 5.12. The maximum Gasteiger partial charge on any atom is 0.319 e. The van der Waals surface area contributed by atoms with E-state index in [0.717, 1.165) is 50.3 Å². The summed E-state index contributed by atoms with van der Waals surface area (Å²) in [6.45, 7) is 0.337. The Morgan fingerprint density at radius 3 is 2.00 bits per heavy atom. The second-order valence-electron chi connectivity index (χ2n) is 9.66. The third-order valence-corrected chi connectivity index (χ3v) is 7.51. The Bertz CT molecular complexity index is 1780. The molecule has 0 bridgehead atoms. The molecular formula is C32H29N6O5P. The summed E-state index contributed by atoms with van der Waals surface area (Å²) in [5.41, 5.74) is 7.26. The summed E-state index contributed by atoms with van der Waals surface area (Å²) in [4.78, 5) is 17.5. The van der Waals surface area contributed by atoms with Crippen molar-refractivity contribution in [2.75, 3.05) is 24.9 Å². The first-order valence-corrected chi connectivity index (χ1v) is 14.9. The number of nitrogens with zero attached hydrogens (tertiary/aromatic N) is 4. The first kappa shape index (κ1) is 29.0. The summed E-state index contributed by atoms with van der Waals surface area (Å²) in [5, 5.41) is 7.63. The number of fused-ring (bicyclic) bond motifs is 2. The summed E-state index contributed by atoms with van der Waals surface area (Å²) in [6, 6.07) is 24.6. The molecular weight excluding hydrogens is 579 g/mol. The number of benzene rings is 2. The standard InChI is InChI=1S/C32H29N6O5P/c1-40-25-17-29-31(35-18-25)28(14-15-33-29)37-24-9-5-22(6-10-24)20-43-44(39)42-19-21-3-7-23(8-4-21)36-27-13-16-34-32-26(27)11-12-30(38-32)41-2/h3-18,44H,19-20H2,1-2H3,(H,33,37)(H,34,36,38). The van der Waals surface area contributed by atoms with Gasteiger partial charge in [-0.05, 0) is 53.6 Å². The first-order valence-electron chi connectivity index (χ1n) is 13.7. The maximum atomic E-state index is 12.4. The zero-order chi connectivity index (χ0) is 30.3. The van der Waals surface area contributed by atoms with Crippen LogP contribution in [0.15, 0.2) is 97.5 Å². The van der Waals surface area contributed by atoms with Crippen LogP contribution < -0.4 is 20.1 Å². The molecule has 11 nitrogen and oxygen atoms in total. The van der Waals surface area contributed by atoms with Crippen molar-refractivity contribution >= 4 is 53.1 Å². The highest BCUT2D eigenvalue weighted by atomic mass is 31.1. The van der Waals surface area contributed by atoms with Gasteiger partial charge in [0.05, 0.1) is 50.5 Å². The first-order chi connectivity index (χ1) is 21.6. The Hall–Kier alpha value is -5.09. The van der Waals surface area contributed by atoms with Gasteiger partial charge in [-0.3, -0.25) is 9.55 Å². The predicted octanol–water partition coefficient (Wildman–Crippen LogP) is 7.20. The zero-order valence-electron chi connectivity index (χ0n) is 24.0. The Kier molecular flexibility index (Phi) is 8.88. The molecule has 44 heavy (non-hydrogen) atoms. The van der Waals surface area contributed by atoms with E-state index >= 15 is 0 Å². The Morgan fingerprint density at radius 1 is 0.705 bits per heavy atom. The smallest absolute Gasteiger partial charge is 0.319 e. The number of aromatic nitrogens is 4. The van der Waals surface area contributed by atoms with Crippen molar-refractivity contribution in [3.63, 3.8) is 0 Å². The van der Waals surface area contributed by atoms with Crippen molar-refractivity contribution in [1.29, 1.82) is 0 Å². The van der Waals surface area contributed by atoms with E-state index in [1.165, 1.54) is 0 Å². The molecule has 2 aromatic carbocycles. The molecule has 12 heteroatoms. The van der Waals surface area contributed by atoms with Gasteiger partial charge in [-0.2, -0.15) is 4.98 Å². The van der Waals surface area contributed by atoms with E-state index < -0.39 is 8.25 Å². The van der Waals surface area contributed by atoms with Gasteiger partial charge in [0.15, 0.2) is 5.65 Å². The van der Waals surface area contributed by atoms with Gasteiger partial charge in [-0.1, -0.05) is 24.3 Å². The highest BCUT2D eigenvalue weighted by Gasteiger charge is 2.08. The van der Waals surface area contributed by atoms with Crippen LogP contribution in [0.3, 0.4) is 0 Å². The molecule has 2 N–H and O–H groups in total. The molecule has 1 unspecified atom stereocenters. The summed E-state index contributed by atoms with van der Waals surface area (Å²) in [6.07, 6.45) is 5.08. The lowest BCUT2D eigenvalue weighted by atomic mass is 10.2. The number of hydrogen-bond acceptors (Lipinski definition) is 11. The highest BCUT2D eigenvalue weighted by Crippen LogP contribution is 2.30. The summed E-state index contributed by atoms with van der Waals surface area (Å²) < 4.78 is 33.8. The van der Waals surface area contributed by atoms with Crippen LogP contribution in [-0.4, -0.2) is 34.2 Å². The fraction of sp³-hybridized carbons (Fsp3) is 0.125. The fourth-order valence-electron chi connectivity index (χ4n) is 4.46. The molecule has 0 amide bonds. The quantitative estimate of drug-likeness (QED) is 0.137. The van der Waals surface area contributed by atoms with E-state index in [0.29, 0.717) is 17.3 Å². The molecule has 0 saturated carbocycles. The van der Waals surface area contributed by atoms with Gasteiger partial charge < -0.3 is 29.2 Å². The molecule has 0 fully saturated rings. The van der Waals surface area contributed by atoms with Crippen molar-refractivity contribution < 1.29 is 23.1 Å². The minimum Gasteiger partial charge on any atom is -0.495 e. The lowest BCUT2D eigenvalue weighted by Gasteiger charge is -2.11. The topological polar surface area (TPSA) is 130 Å². The number of hydrogen-bond donors (Lipinski definition) is 2. The average molecular weight is 609 g/mol. The Balaban J connectivity index is 0.983. The van der Waals surface area contributed by atoms with Crippen LogP contribution in [0, 0.1) is 0 Å². The van der Waals surface area contributed by atoms with Gasteiger partial charge >= 0.3 is 8.25 Å². The summed E-state index contributed by atoms with van der Waals surface area (Å²) in [5.74, 6) is 1.16. The largest absolute Gasteiger partial charge is 0.495 e. The molecule has 0 aliphatic rings. The molecule has 222 valence electrons. The second kappa shape index (κ2) is 13.5. The molecule has 1 atom stereocenters. The van der Waals surface area contributed by atoms with Gasteiger partial charge in [0.1, 0.15) is 11.3 Å². The summed E-state index contributed by atoms with van der Waals surface area (Å²) in [7, 11) is 0.480. The highest BCUT2D eigenvalue weighted by molar-refractivity contribution is 7.33. The molecule has 4 aromatic heterocycles. The van der Waals surface area contributed by atoms with E-state index in [4.69, 9.17) is 18.5 Å². The minimum absolute atomic E-state index is 0.168. The number of rotatable bonds is 12. The van der Waals surface area contributed by atoms with Crippen molar-refractivity contribution in [2.45, 2.75) is 13.2 Å². The molecule has 6 aromatic rings. The normalized spacial score (nSPS) is 11.8. The van der Waals surface area contributed by atoms with Crippen LogP contribution in [-0.2, 0) is 26.8 Å². The van der Waals surface area contributed by atoms with Crippen LogP contribution in [0.2, 0.25) is 0 Å². The Morgan fingerprint density at radius 2 is 1.34 bits per heavy atom. The predicted molar refractivity (Wildman–Crippen MR) is 170 cm³/mol. The van der Waals surface area contributed by atoms with E-state index in [1.807, 2.05) is 72.8 Å². The van der Waals surface area contributed by atoms with Crippen molar-refractivity contribution in [3.8, 4) is 11.6 Å². The molecule has 4 heterocycles. The molecule has 0 saturated heterocycles. The molecule has 0 aliphatic heterocycles. The maximum absolute atomic E-state index is 12.4. The lowest BCUT2D eigenvalue weighted by Crippen LogP contribution is -1.96. The Labute approximate surface area is 254 Å². The number of methoxy groups -OCH3 is 2. The third-order valence-electron chi connectivity index (χ3n) is 6.75. The van der Waals surface area contributed by atoms with Crippen molar-refractivity contribution in [3.05, 3.63) is 109 Å². The number of pyridine rings is 4. The number of ether oxygens (including phenoxy) is 2. The van der Waals surface area contributed by atoms with Gasteiger partial charge in [-0.25, -0.2) is 9.97 Å². The van der Waals surface area contributed by atoms with Crippen LogP contribution >= 0.6 is 8.25 Å². The number of nitrogens with one attached hydrogen (secondary N) is 2. The van der Waals surface area contributed by atoms with Crippen molar-refractivity contribution in [1.82, 2.24) is 19.9 Å².